The molecule has 0 atom stereocenters. The van der Waals surface area contributed by atoms with Crippen LogP contribution in [0.4, 0.5) is 0 Å². The molecule has 1 rings (SSSR count). The first-order valence-electron chi connectivity index (χ1n) is 3.16. The summed E-state index contributed by atoms with van der Waals surface area (Å²) < 4.78 is 26.3. The van der Waals surface area contributed by atoms with Crippen LogP contribution in [0, 0.1) is 0 Å². The Balaban J connectivity index is 3.21. The van der Waals surface area contributed by atoms with Gasteiger partial charge in [-0.1, -0.05) is 6.07 Å². The number of aromatic hydroxyl groups is 1. The predicted octanol–water partition coefficient (Wildman–Crippen LogP) is 0.727. The van der Waals surface area contributed by atoms with E-state index >= 15 is 0 Å². The van der Waals surface area contributed by atoms with Gasteiger partial charge in [-0.05, 0) is 12.1 Å². The molecule has 1 aromatic rings. The van der Waals surface area contributed by atoms with Crippen molar-refractivity contribution in [2.24, 2.45) is 0 Å². The lowest BCUT2D eigenvalue weighted by Crippen LogP contribution is -2.01. The Labute approximate surface area is 70.5 Å². The van der Waals surface area contributed by atoms with Gasteiger partial charge in [0.05, 0.1) is 12.0 Å². The van der Waals surface area contributed by atoms with Crippen LogP contribution in [0.3, 0.4) is 0 Å². The summed E-state index contributed by atoms with van der Waals surface area (Å²) in [5.41, 5.74) is 0. The molecule has 5 heteroatoms. The van der Waals surface area contributed by atoms with Gasteiger partial charge in [-0.15, -0.1) is 0 Å². The molecule has 12 heavy (non-hydrogen) atoms. The number of rotatable bonds is 2. The van der Waals surface area contributed by atoms with Crippen molar-refractivity contribution in [1.29, 1.82) is 0 Å². The standard InChI is InChI=1S/C7H8O4S/c1-11-12(9,10)7-4-2-3-6(8)5-7/h2-5,8H,1H3. The molecule has 0 fully saturated rings. The predicted molar refractivity (Wildman–Crippen MR) is 42.3 cm³/mol. The van der Waals surface area contributed by atoms with Crippen LogP contribution >= 0.6 is 0 Å². The number of phenolic OH excluding ortho intramolecular Hbond substituents is 1. The first-order valence-corrected chi connectivity index (χ1v) is 4.57. The molecule has 66 valence electrons. The molecule has 0 saturated heterocycles. The highest BCUT2D eigenvalue weighted by atomic mass is 32.2. The summed E-state index contributed by atoms with van der Waals surface area (Å²) in [4.78, 5) is -0.0509. The molecule has 0 aromatic heterocycles. The van der Waals surface area contributed by atoms with E-state index in [1.807, 2.05) is 0 Å². The van der Waals surface area contributed by atoms with Gasteiger partial charge >= 0.3 is 0 Å². The zero-order valence-corrected chi connectivity index (χ0v) is 7.21. The first-order chi connectivity index (χ1) is 5.56. The van der Waals surface area contributed by atoms with Gasteiger partial charge in [-0.25, -0.2) is 0 Å². The largest absolute Gasteiger partial charge is 0.508 e. The van der Waals surface area contributed by atoms with E-state index in [4.69, 9.17) is 5.11 Å². The van der Waals surface area contributed by atoms with Gasteiger partial charge in [0.1, 0.15) is 5.75 Å². The van der Waals surface area contributed by atoms with Crippen LogP contribution in [0.2, 0.25) is 0 Å². The summed E-state index contributed by atoms with van der Waals surface area (Å²) in [7, 11) is -2.61. The lowest BCUT2D eigenvalue weighted by molar-refractivity contribution is 0.396. The van der Waals surface area contributed by atoms with Crippen molar-refractivity contribution in [1.82, 2.24) is 0 Å². The van der Waals surface area contributed by atoms with Crippen LogP contribution in [-0.4, -0.2) is 20.6 Å². The van der Waals surface area contributed by atoms with Gasteiger partial charge in [-0.2, -0.15) is 8.42 Å². The lowest BCUT2D eigenvalue weighted by atomic mass is 10.3. The van der Waals surface area contributed by atoms with Crippen molar-refractivity contribution in [3.63, 3.8) is 0 Å². The Morgan fingerprint density at radius 2 is 2.08 bits per heavy atom. The van der Waals surface area contributed by atoms with Crippen LogP contribution < -0.4 is 0 Å². The molecular formula is C7H8O4S. The quantitative estimate of drug-likeness (QED) is 0.695. The number of hydrogen-bond acceptors (Lipinski definition) is 4. The SMILES string of the molecule is COS(=O)(=O)c1cccc(O)c1. The van der Waals surface area contributed by atoms with E-state index in [2.05, 4.69) is 4.18 Å². The molecule has 0 unspecified atom stereocenters. The molecule has 0 spiro atoms. The minimum absolute atomic E-state index is 0.0509. The third-order valence-corrected chi connectivity index (χ3v) is 2.60. The molecule has 0 aliphatic carbocycles. The summed E-state index contributed by atoms with van der Waals surface area (Å²) in [5, 5.41) is 8.95. The van der Waals surface area contributed by atoms with Gasteiger partial charge in [0.2, 0.25) is 0 Å². The summed E-state index contributed by atoms with van der Waals surface area (Å²) in [6.07, 6.45) is 0. The van der Waals surface area contributed by atoms with Crippen LogP contribution in [0.5, 0.6) is 5.75 Å². The Morgan fingerprint density at radius 3 is 2.58 bits per heavy atom. The molecule has 0 aliphatic heterocycles. The summed E-state index contributed by atoms with van der Waals surface area (Å²) in [6, 6.07) is 5.29. The van der Waals surface area contributed by atoms with E-state index in [1.165, 1.54) is 18.2 Å². The van der Waals surface area contributed by atoms with E-state index in [9.17, 15) is 8.42 Å². The molecule has 0 heterocycles. The highest BCUT2D eigenvalue weighted by Crippen LogP contribution is 2.16. The number of hydrogen-bond donors (Lipinski definition) is 1. The molecular weight excluding hydrogens is 180 g/mol. The Kier molecular flexibility index (Phi) is 2.35. The van der Waals surface area contributed by atoms with Crippen molar-refractivity contribution in [3.05, 3.63) is 24.3 Å². The third kappa shape index (κ3) is 1.75. The minimum atomic E-state index is -3.68. The van der Waals surface area contributed by atoms with E-state index in [1.54, 1.807) is 0 Å². The second-order valence-corrected chi connectivity index (χ2v) is 3.83. The monoisotopic (exact) mass is 188 g/mol. The second-order valence-electron chi connectivity index (χ2n) is 2.12. The molecule has 0 radical (unpaired) electrons. The van der Waals surface area contributed by atoms with Gasteiger partial charge in [-0.3, -0.25) is 4.18 Å². The molecule has 0 amide bonds. The Hall–Kier alpha value is -1.07. The Bertz CT molecular complexity index is 369. The normalized spacial score (nSPS) is 11.4. The smallest absolute Gasteiger partial charge is 0.296 e. The maximum Gasteiger partial charge on any atom is 0.296 e. The van der Waals surface area contributed by atoms with Crippen LogP contribution in [0.15, 0.2) is 29.2 Å². The number of phenols is 1. The van der Waals surface area contributed by atoms with Crippen LogP contribution in [0.1, 0.15) is 0 Å². The highest BCUT2D eigenvalue weighted by Gasteiger charge is 2.12. The van der Waals surface area contributed by atoms with E-state index in [-0.39, 0.29) is 10.6 Å². The van der Waals surface area contributed by atoms with Crippen molar-refractivity contribution in [2.75, 3.05) is 7.11 Å². The van der Waals surface area contributed by atoms with Gasteiger partial charge in [0.25, 0.3) is 10.1 Å². The van der Waals surface area contributed by atoms with Crippen LogP contribution in [0.25, 0.3) is 0 Å². The molecule has 1 aromatic carbocycles. The van der Waals surface area contributed by atoms with Crippen molar-refractivity contribution >= 4 is 10.1 Å². The summed E-state index contributed by atoms with van der Waals surface area (Å²) >= 11 is 0. The highest BCUT2D eigenvalue weighted by molar-refractivity contribution is 7.86. The van der Waals surface area contributed by atoms with E-state index < -0.39 is 10.1 Å². The molecule has 0 bridgehead atoms. The fraction of sp³-hybridized carbons (Fsp3) is 0.143. The minimum Gasteiger partial charge on any atom is -0.508 e. The van der Waals surface area contributed by atoms with Gasteiger partial charge < -0.3 is 5.11 Å². The van der Waals surface area contributed by atoms with Crippen LogP contribution in [-0.2, 0) is 14.3 Å². The maximum absolute atomic E-state index is 11.0. The fourth-order valence-corrected chi connectivity index (χ4v) is 1.44. The van der Waals surface area contributed by atoms with Gasteiger partial charge in [0.15, 0.2) is 0 Å². The average Bonchev–Trinajstić information content (AvgIpc) is 2.05. The summed E-state index contributed by atoms with van der Waals surface area (Å²) in [6.45, 7) is 0. The molecule has 4 nitrogen and oxygen atoms in total. The van der Waals surface area contributed by atoms with E-state index in [0.717, 1.165) is 13.2 Å². The van der Waals surface area contributed by atoms with Gasteiger partial charge in [0, 0.05) is 6.07 Å². The fourth-order valence-electron chi connectivity index (χ4n) is 0.735. The lowest BCUT2D eigenvalue weighted by Gasteiger charge is -2.00. The second kappa shape index (κ2) is 3.12. The molecule has 0 aliphatic rings. The Morgan fingerprint density at radius 1 is 1.42 bits per heavy atom. The average molecular weight is 188 g/mol. The van der Waals surface area contributed by atoms with Crippen molar-refractivity contribution in [3.8, 4) is 5.75 Å². The maximum atomic E-state index is 11.0. The van der Waals surface area contributed by atoms with Crippen molar-refractivity contribution in [2.45, 2.75) is 4.90 Å². The zero-order valence-electron chi connectivity index (χ0n) is 6.39. The first kappa shape index (κ1) is 9.02. The van der Waals surface area contributed by atoms with Crippen molar-refractivity contribution < 1.29 is 17.7 Å². The summed E-state index contributed by atoms with van der Waals surface area (Å²) in [5.74, 6) is -0.104. The third-order valence-electron chi connectivity index (χ3n) is 1.33. The van der Waals surface area contributed by atoms with E-state index in [0.29, 0.717) is 0 Å². The molecule has 0 saturated carbocycles. The molecule has 1 N–H and O–H groups in total. The zero-order chi connectivity index (χ0) is 9.19. The topological polar surface area (TPSA) is 63.6 Å². The number of benzene rings is 1.